The third-order valence-corrected chi connectivity index (χ3v) is 6.59. The van der Waals surface area contributed by atoms with E-state index in [4.69, 9.17) is 20.3 Å². The molecule has 0 saturated carbocycles. The van der Waals surface area contributed by atoms with Crippen LogP contribution in [0.5, 0.6) is 0 Å². The first-order chi connectivity index (χ1) is 23.1. The van der Waals surface area contributed by atoms with Gasteiger partial charge in [-0.05, 0) is 48.1 Å². The van der Waals surface area contributed by atoms with Gasteiger partial charge in [0, 0.05) is 14.1 Å². The van der Waals surface area contributed by atoms with E-state index in [1.54, 1.807) is 14.1 Å². The van der Waals surface area contributed by atoms with Crippen LogP contribution in [0.1, 0.15) is 71.9 Å². The van der Waals surface area contributed by atoms with Gasteiger partial charge in [-0.3, -0.25) is 9.59 Å². The number of hydrogen-bond donors (Lipinski definition) is 6. The highest BCUT2D eigenvalue weighted by Crippen LogP contribution is 2.08. The molecule has 0 spiro atoms. The smallest absolute Gasteiger partial charge is 0.408 e. The first-order valence-electron chi connectivity index (χ1n) is 16.4. The van der Waals surface area contributed by atoms with Gasteiger partial charge in [-0.1, -0.05) is 102 Å². The van der Waals surface area contributed by atoms with Crippen LogP contribution in [0.25, 0.3) is 0 Å². The fraction of sp³-hybridized carbons (Fsp3) is 0.528. The number of carbonyl (C=O) groups is 5. The average molecular weight is 688 g/mol. The maximum Gasteiger partial charge on any atom is 0.408 e. The molecule has 2 aromatic carbocycles. The highest BCUT2D eigenvalue weighted by molar-refractivity contribution is 5.85. The summed E-state index contributed by atoms with van der Waals surface area (Å²) in [4.78, 5) is 56.7. The molecule has 0 saturated heterocycles. The van der Waals surface area contributed by atoms with E-state index >= 15 is 0 Å². The van der Waals surface area contributed by atoms with Crippen molar-refractivity contribution in [2.24, 2.45) is 23.5 Å². The Labute approximate surface area is 291 Å². The minimum absolute atomic E-state index is 0.0753. The highest BCUT2D eigenvalue weighted by Gasteiger charge is 2.22. The number of hydrogen-bond acceptors (Lipinski definition) is 8. The number of rotatable bonds is 15. The second-order valence-electron chi connectivity index (χ2n) is 12.6. The Bertz CT molecular complexity index is 1240. The molecule has 4 amide bonds. The Morgan fingerprint density at radius 2 is 0.980 bits per heavy atom. The highest BCUT2D eigenvalue weighted by atomic mass is 16.6. The third-order valence-electron chi connectivity index (χ3n) is 6.59. The van der Waals surface area contributed by atoms with Gasteiger partial charge in [0.05, 0.1) is 6.04 Å². The summed E-state index contributed by atoms with van der Waals surface area (Å²) in [5.41, 5.74) is 7.28. The van der Waals surface area contributed by atoms with Crippen LogP contribution >= 0.6 is 0 Å². The summed E-state index contributed by atoms with van der Waals surface area (Å²) in [5.74, 6) is -0.385. The van der Waals surface area contributed by atoms with E-state index in [2.05, 4.69) is 21.3 Å². The number of nitrogens with one attached hydrogen (secondary N) is 4. The molecular weight excluding hydrogens is 630 g/mol. The topological polar surface area (TPSA) is 198 Å². The van der Waals surface area contributed by atoms with Gasteiger partial charge in [0.1, 0.15) is 25.3 Å². The lowest BCUT2D eigenvalue weighted by molar-refractivity contribution is -0.139. The van der Waals surface area contributed by atoms with Gasteiger partial charge in [0.2, 0.25) is 11.8 Å². The van der Waals surface area contributed by atoms with Crippen LogP contribution in [0.15, 0.2) is 60.7 Å². The maximum atomic E-state index is 11.7. The van der Waals surface area contributed by atoms with E-state index in [0.29, 0.717) is 24.7 Å². The van der Waals surface area contributed by atoms with Crippen molar-refractivity contribution in [1.29, 1.82) is 0 Å². The number of ether oxygens (including phenoxy) is 2. The van der Waals surface area contributed by atoms with Crippen LogP contribution in [-0.2, 0) is 37.1 Å². The number of carboxylic acids is 1. The molecule has 0 unspecified atom stereocenters. The number of likely N-dealkylation sites (N-methyl/N-ethyl adjacent to an activating group) is 2. The van der Waals surface area contributed by atoms with Crippen molar-refractivity contribution >= 4 is 30.0 Å². The van der Waals surface area contributed by atoms with Gasteiger partial charge in [-0.25, -0.2) is 14.4 Å². The number of carboxylic acid groups (broad SMARTS) is 1. The number of carbonyl (C=O) groups excluding carboxylic acids is 4. The summed E-state index contributed by atoms with van der Waals surface area (Å²) >= 11 is 0. The predicted molar refractivity (Wildman–Crippen MR) is 189 cm³/mol. The lowest BCUT2D eigenvalue weighted by atomic mass is 10.0. The minimum atomic E-state index is -1.05. The van der Waals surface area contributed by atoms with E-state index in [0.717, 1.165) is 17.5 Å². The van der Waals surface area contributed by atoms with Crippen LogP contribution in [0.4, 0.5) is 9.59 Å². The summed E-state index contributed by atoms with van der Waals surface area (Å²) in [5, 5.41) is 19.0. The van der Waals surface area contributed by atoms with Gasteiger partial charge in [-0.15, -0.1) is 0 Å². The van der Waals surface area contributed by atoms with Crippen molar-refractivity contribution in [3.8, 4) is 0 Å². The molecule has 2 aromatic rings. The van der Waals surface area contributed by atoms with E-state index in [1.807, 2.05) is 102 Å². The Hall–Kier alpha value is -4.65. The molecule has 0 aliphatic heterocycles. The van der Waals surface area contributed by atoms with E-state index in [1.165, 1.54) is 0 Å². The molecule has 13 heteroatoms. The van der Waals surface area contributed by atoms with Gasteiger partial charge in [-0.2, -0.15) is 0 Å². The van der Waals surface area contributed by atoms with Crippen molar-refractivity contribution in [3.63, 3.8) is 0 Å². The van der Waals surface area contributed by atoms with Gasteiger partial charge in [0.25, 0.3) is 0 Å². The van der Waals surface area contributed by atoms with E-state index in [9.17, 15) is 24.0 Å². The Balaban J connectivity index is 0.000000746. The second-order valence-corrected chi connectivity index (χ2v) is 12.6. The minimum Gasteiger partial charge on any atom is -0.480 e. The predicted octanol–water partition coefficient (Wildman–Crippen LogP) is 4.59. The van der Waals surface area contributed by atoms with Crippen LogP contribution in [0.3, 0.4) is 0 Å². The number of nitrogens with two attached hydrogens (primary N) is 1. The van der Waals surface area contributed by atoms with E-state index < -0.39 is 30.2 Å². The molecule has 49 heavy (non-hydrogen) atoms. The van der Waals surface area contributed by atoms with Crippen molar-refractivity contribution in [1.82, 2.24) is 21.3 Å². The summed E-state index contributed by atoms with van der Waals surface area (Å²) in [6.07, 6.45) is 0.398. The third kappa shape index (κ3) is 22.5. The Kier molecular flexibility index (Phi) is 23.0. The van der Waals surface area contributed by atoms with Gasteiger partial charge in [0.15, 0.2) is 0 Å². The molecule has 0 fully saturated rings. The molecule has 0 aliphatic carbocycles. The average Bonchev–Trinajstić information content (AvgIpc) is 3.05. The molecule has 0 aromatic heterocycles. The van der Waals surface area contributed by atoms with E-state index in [-0.39, 0.29) is 37.0 Å². The monoisotopic (exact) mass is 687 g/mol. The van der Waals surface area contributed by atoms with Crippen LogP contribution < -0.4 is 27.0 Å². The summed E-state index contributed by atoms with van der Waals surface area (Å²) in [7, 11) is 3.15. The van der Waals surface area contributed by atoms with Crippen LogP contribution in [0.2, 0.25) is 0 Å². The first-order valence-corrected chi connectivity index (χ1v) is 16.4. The standard InChI is InChI=1S/C15H22N2O3.C14H19NO4.C7H16N2O/c1-11(2)9-13(14(18)16-3)17-15(19)20-10-12-7-5-4-6-8-12;1-10(2)8-12(13(16)17)15-14(18)19-9-11-6-4-3-5-7-11;1-5(2)4-6(8)7(10)9-3/h4-8,11,13H,9-10H2,1-3H3,(H,16,18)(H,17,19);3-7,10,12H,8-9H2,1-2H3,(H,15,18)(H,16,17);5-6H,4,8H2,1-3H3,(H,9,10)/t13-;12-;6-/m000/s1. The molecule has 0 aliphatic rings. The Morgan fingerprint density at radius 3 is 1.33 bits per heavy atom. The van der Waals surface area contributed by atoms with Crippen LogP contribution in [0, 0.1) is 17.8 Å². The molecule has 2 rings (SSSR count). The maximum absolute atomic E-state index is 11.7. The SMILES string of the molecule is CC(C)C[C@H](NC(=O)OCc1ccccc1)C(=O)O.CNC(=O)[C@@H](N)CC(C)C.CNC(=O)[C@H](CC(C)C)NC(=O)OCc1ccccc1. The number of amides is 4. The number of benzene rings is 2. The zero-order chi connectivity index (χ0) is 37.4. The summed E-state index contributed by atoms with van der Waals surface area (Å²) in [6.45, 7) is 12.2. The number of alkyl carbamates (subject to hydrolysis) is 2. The summed E-state index contributed by atoms with van der Waals surface area (Å²) < 4.78 is 10.1. The molecule has 0 radical (unpaired) electrons. The molecule has 0 heterocycles. The molecule has 7 N–H and O–H groups in total. The van der Waals surface area contributed by atoms with Crippen LogP contribution in [-0.4, -0.2) is 67.3 Å². The lowest BCUT2D eigenvalue weighted by Gasteiger charge is -2.18. The Morgan fingerprint density at radius 1 is 0.612 bits per heavy atom. The van der Waals surface area contributed by atoms with Crippen molar-refractivity contribution in [2.45, 2.75) is 92.1 Å². The molecule has 13 nitrogen and oxygen atoms in total. The quantitative estimate of drug-likeness (QED) is 0.155. The molecule has 0 bridgehead atoms. The summed E-state index contributed by atoms with van der Waals surface area (Å²) in [6, 6.07) is 16.8. The molecule has 274 valence electrons. The van der Waals surface area contributed by atoms with Gasteiger partial charge < -0.3 is 41.6 Å². The van der Waals surface area contributed by atoms with Crippen molar-refractivity contribution in [2.75, 3.05) is 14.1 Å². The second kappa shape index (κ2) is 25.4. The fourth-order valence-corrected chi connectivity index (χ4v) is 4.18. The largest absolute Gasteiger partial charge is 0.480 e. The molecule has 3 atom stereocenters. The zero-order valence-electron chi connectivity index (χ0n) is 30.2. The lowest BCUT2D eigenvalue weighted by Crippen LogP contribution is -2.46. The fourth-order valence-electron chi connectivity index (χ4n) is 4.18. The van der Waals surface area contributed by atoms with Crippen molar-refractivity contribution < 1.29 is 38.6 Å². The first kappa shape index (κ1) is 44.4. The van der Waals surface area contributed by atoms with Crippen molar-refractivity contribution in [3.05, 3.63) is 71.8 Å². The zero-order valence-corrected chi connectivity index (χ0v) is 30.2. The number of aliphatic carboxylic acids is 1. The normalized spacial score (nSPS) is 12.2. The molecular formula is C36H57N5O8. The van der Waals surface area contributed by atoms with Gasteiger partial charge >= 0.3 is 18.2 Å².